The van der Waals surface area contributed by atoms with E-state index in [-0.39, 0.29) is 6.04 Å². The summed E-state index contributed by atoms with van der Waals surface area (Å²) in [5.41, 5.74) is 2.83. The van der Waals surface area contributed by atoms with Crippen molar-refractivity contribution in [3.05, 3.63) is 0 Å². The molecule has 0 aliphatic heterocycles. The van der Waals surface area contributed by atoms with Crippen LogP contribution in [0.5, 0.6) is 0 Å². The number of rotatable bonds is 12. The summed E-state index contributed by atoms with van der Waals surface area (Å²) in [7, 11) is 1.58. The van der Waals surface area contributed by atoms with Gasteiger partial charge in [0.15, 0.2) is 0 Å². The molecule has 0 bridgehead atoms. The van der Waals surface area contributed by atoms with Gasteiger partial charge < -0.3 is 9.84 Å². The van der Waals surface area contributed by atoms with Crippen LogP contribution in [-0.2, 0) is 4.74 Å². The molecule has 0 amide bonds. The third-order valence-electron chi connectivity index (χ3n) is 2.97. The molecule has 110 valence electrons. The molecule has 0 aromatic carbocycles. The van der Waals surface area contributed by atoms with Crippen molar-refractivity contribution in [2.75, 3.05) is 20.3 Å². The molecule has 0 aliphatic rings. The first-order valence-electron chi connectivity index (χ1n) is 7.01. The van der Waals surface area contributed by atoms with E-state index in [0.29, 0.717) is 13.2 Å². The lowest BCUT2D eigenvalue weighted by Gasteiger charge is -2.25. The van der Waals surface area contributed by atoms with Crippen LogP contribution in [0.1, 0.15) is 52.4 Å². The van der Waals surface area contributed by atoms with Crippen molar-refractivity contribution in [2.24, 2.45) is 0 Å². The molecule has 5 nitrogen and oxygen atoms in total. The molecular weight excluding hydrogens is 232 g/mol. The number of nitrogens with zero attached hydrogens (tertiary/aromatic N) is 1. The number of hydrogen-bond acceptors (Lipinski definition) is 5. The van der Waals surface area contributed by atoms with E-state index in [1.807, 2.05) is 0 Å². The fourth-order valence-electron chi connectivity index (χ4n) is 1.76. The van der Waals surface area contributed by atoms with Crippen LogP contribution in [0.4, 0.5) is 0 Å². The Labute approximate surface area is 111 Å². The molecule has 0 radical (unpaired) electrons. The summed E-state index contributed by atoms with van der Waals surface area (Å²) < 4.78 is 4.98. The SMILES string of the molecule is CCCCCCCCN(O)N[C@@H](COC)[C@H](C)O. The summed E-state index contributed by atoms with van der Waals surface area (Å²) in [5, 5.41) is 20.2. The van der Waals surface area contributed by atoms with Gasteiger partial charge in [-0.25, -0.2) is 5.43 Å². The molecule has 0 aromatic heterocycles. The van der Waals surface area contributed by atoms with Crippen LogP contribution in [-0.4, -0.2) is 47.9 Å². The van der Waals surface area contributed by atoms with Crippen LogP contribution >= 0.6 is 0 Å². The summed E-state index contributed by atoms with van der Waals surface area (Å²) in [6.07, 6.45) is 6.55. The molecule has 0 heterocycles. The second-order valence-corrected chi connectivity index (χ2v) is 4.82. The van der Waals surface area contributed by atoms with Gasteiger partial charge in [0, 0.05) is 13.7 Å². The Bertz CT molecular complexity index is 180. The number of nitrogens with one attached hydrogen (secondary N) is 1. The molecule has 0 saturated carbocycles. The predicted octanol–water partition coefficient (Wildman–Crippen LogP) is 1.94. The molecular formula is C13H30N2O3. The molecule has 0 rings (SSSR count). The Morgan fingerprint density at radius 3 is 2.33 bits per heavy atom. The minimum atomic E-state index is -0.566. The normalized spacial score (nSPS) is 15.0. The monoisotopic (exact) mass is 262 g/mol. The molecule has 0 fully saturated rings. The third kappa shape index (κ3) is 9.79. The molecule has 0 unspecified atom stereocenters. The van der Waals surface area contributed by atoms with Crippen LogP contribution in [0.15, 0.2) is 0 Å². The van der Waals surface area contributed by atoms with Gasteiger partial charge in [-0.05, 0) is 13.3 Å². The maximum atomic E-state index is 9.65. The first-order chi connectivity index (χ1) is 8.61. The van der Waals surface area contributed by atoms with Crippen molar-refractivity contribution in [3.8, 4) is 0 Å². The standard InChI is InChI=1S/C13H30N2O3/c1-4-5-6-7-8-9-10-15(17)14-13(11-18-3)12(2)16/h12-14,16-17H,4-11H2,1-3H3/t12-,13-/m0/s1. The van der Waals surface area contributed by atoms with Gasteiger partial charge in [-0.1, -0.05) is 39.0 Å². The Kier molecular flexibility index (Phi) is 11.7. The molecule has 5 heteroatoms. The van der Waals surface area contributed by atoms with Gasteiger partial charge in [-0.15, -0.1) is 5.17 Å². The highest BCUT2D eigenvalue weighted by Crippen LogP contribution is 2.05. The number of ether oxygens (including phenoxy) is 1. The summed E-state index contributed by atoms with van der Waals surface area (Å²) in [5.74, 6) is 0. The third-order valence-corrected chi connectivity index (χ3v) is 2.97. The highest BCUT2D eigenvalue weighted by molar-refractivity contribution is 4.69. The lowest BCUT2D eigenvalue weighted by Crippen LogP contribution is -2.50. The van der Waals surface area contributed by atoms with Crippen LogP contribution in [0.3, 0.4) is 0 Å². The van der Waals surface area contributed by atoms with Crippen LogP contribution in [0, 0.1) is 0 Å². The van der Waals surface area contributed by atoms with Gasteiger partial charge in [0.05, 0.1) is 18.8 Å². The molecule has 0 saturated heterocycles. The van der Waals surface area contributed by atoms with Gasteiger partial charge in [0.2, 0.25) is 0 Å². The maximum absolute atomic E-state index is 9.65. The van der Waals surface area contributed by atoms with Crippen molar-refractivity contribution in [1.82, 2.24) is 10.6 Å². The van der Waals surface area contributed by atoms with E-state index < -0.39 is 6.10 Å². The maximum Gasteiger partial charge on any atom is 0.0727 e. The minimum absolute atomic E-state index is 0.278. The van der Waals surface area contributed by atoms with Gasteiger partial charge in [0.1, 0.15) is 0 Å². The Morgan fingerprint density at radius 1 is 1.17 bits per heavy atom. The number of hydrogen-bond donors (Lipinski definition) is 3. The average Bonchev–Trinajstić information content (AvgIpc) is 2.33. The van der Waals surface area contributed by atoms with E-state index in [1.165, 1.54) is 25.7 Å². The lowest BCUT2D eigenvalue weighted by molar-refractivity contribution is -0.159. The molecule has 0 aromatic rings. The highest BCUT2D eigenvalue weighted by atomic mass is 16.5. The number of aliphatic hydroxyl groups is 1. The smallest absolute Gasteiger partial charge is 0.0727 e. The molecule has 18 heavy (non-hydrogen) atoms. The van der Waals surface area contributed by atoms with Gasteiger partial charge in [-0.2, -0.15) is 0 Å². The number of unbranched alkanes of at least 4 members (excludes halogenated alkanes) is 5. The predicted molar refractivity (Wildman–Crippen MR) is 72.3 cm³/mol. The Morgan fingerprint density at radius 2 is 1.78 bits per heavy atom. The minimum Gasteiger partial charge on any atom is -0.392 e. The zero-order chi connectivity index (χ0) is 13.8. The fourth-order valence-corrected chi connectivity index (χ4v) is 1.76. The first-order valence-corrected chi connectivity index (χ1v) is 7.01. The summed E-state index contributed by atoms with van der Waals surface area (Å²) >= 11 is 0. The lowest BCUT2D eigenvalue weighted by atomic mass is 10.1. The molecule has 0 aliphatic carbocycles. The number of hydroxylamine groups is 1. The fraction of sp³-hybridized carbons (Fsp3) is 1.00. The topological polar surface area (TPSA) is 65.0 Å². The Hall–Kier alpha value is -0.200. The second-order valence-electron chi connectivity index (χ2n) is 4.82. The highest BCUT2D eigenvalue weighted by Gasteiger charge is 2.16. The van der Waals surface area contributed by atoms with E-state index in [1.54, 1.807) is 14.0 Å². The van der Waals surface area contributed by atoms with Crippen LogP contribution < -0.4 is 5.43 Å². The van der Waals surface area contributed by atoms with Crippen LogP contribution in [0.2, 0.25) is 0 Å². The van der Waals surface area contributed by atoms with E-state index in [0.717, 1.165) is 18.0 Å². The quantitative estimate of drug-likeness (QED) is 0.370. The van der Waals surface area contributed by atoms with Crippen molar-refractivity contribution in [3.63, 3.8) is 0 Å². The van der Waals surface area contributed by atoms with Crippen molar-refractivity contribution in [2.45, 2.75) is 64.5 Å². The number of hydrazine groups is 1. The van der Waals surface area contributed by atoms with Gasteiger partial charge in [-0.3, -0.25) is 5.21 Å². The molecule has 3 N–H and O–H groups in total. The molecule has 0 spiro atoms. The largest absolute Gasteiger partial charge is 0.392 e. The number of aliphatic hydroxyl groups excluding tert-OH is 1. The zero-order valence-electron chi connectivity index (χ0n) is 12.1. The van der Waals surface area contributed by atoms with Crippen LogP contribution in [0.25, 0.3) is 0 Å². The number of methoxy groups -OCH3 is 1. The van der Waals surface area contributed by atoms with Gasteiger partial charge >= 0.3 is 0 Å². The summed E-state index contributed by atoms with van der Waals surface area (Å²) in [4.78, 5) is 0. The van der Waals surface area contributed by atoms with Crippen molar-refractivity contribution < 1.29 is 15.1 Å². The van der Waals surface area contributed by atoms with E-state index in [9.17, 15) is 10.3 Å². The van der Waals surface area contributed by atoms with Crippen molar-refractivity contribution in [1.29, 1.82) is 0 Å². The summed E-state index contributed by atoms with van der Waals surface area (Å²) in [6, 6.07) is -0.278. The average molecular weight is 262 g/mol. The Balaban J connectivity index is 3.58. The van der Waals surface area contributed by atoms with Crippen molar-refractivity contribution >= 4 is 0 Å². The molecule has 2 atom stereocenters. The van der Waals surface area contributed by atoms with Gasteiger partial charge in [0.25, 0.3) is 0 Å². The van der Waals surface area contributed by atoms with E-state index in [2.05, 4.69) is 12.3 Å². The van der Waals surface area contributed by atoms with E-state index >= 15 is 0 Å². The van der Waals surface area contributed by atoms with E-state index in [4.69, 9.17) is 4.74 Å². The summed E-state index contributed by atoms with van der Waals surface area (Å²) in [6.45, 7) is 4.81. The zero-order valence-corrected chi connectivity index (χ0v) is 12.1. The first kappa shape index (κ1) is 17.8. The second kappa shape index (κ2) is 11.9.